The average Bonchev–Trinajstić information content (AvgIpc) is 3.43. The highest BCUT2D eigenvalue weighted by molar-refractivity contribution is 5.74. The van der Waals surface area contributed by atoms with Crippen molar-refractivity contribution in [2.24, 2.45) is 11.3 Å². The molecule has 1 aromatic rings. The maximum Gasteiger partial charge on any atom is 0.317 e. The molecule has 0 aromatic carbocycles. The summed E-state index contributed by atoms with van der Waals surface area (Å²) < 4.78 is 5.25. The van der Waals surface area contributed by atoms with Gasteiger partial charge in [0.25, 0.3) is 0 Å². The van der Waals surface area contributed by atoms with Gasteiger partial charge in [-0.3, -0.25) is 0 Å². The first-order chi connectivity index (χ1) is 10.7. The van der Waals surface area contributed by atoms with Crippen LogP contribution in [-0.4, -0.2) is 40.7 Å². The second-order valence-corrected chi connectivity index (χ2v) is 7.24. The van der Waals surface area contributed by atoms with Crippen molar-refractivity contribution in [3.8, 4) is 0 Å². The maximum atomic E-state index is 12.3. The standard InChI is InChI=1S/C16H24N4O2/c1-11-18-14(22-19-11)12-4-8-20(9-5-12)15(21)17-10-16(6-7-16)13-2-3-13/h12-13H,2-10H2,1H3,(H,17,21). The highest BCUT2D eigenvalue weighted by atomic mass is 16.5. The predicted octanol–water partition coefficient (Wildman–Crippen LogP) is 2.46. The number of aryl methyl sites for hydroxylation is 1. The summed E-state index contributed by atoms with van der Waals surface area (Å²) in [5.74, 6) is 2.60. The molecule has 22 heavy (non-hydrogen) atoms. The van der Waals surface area contributed by atoms with Crippen molar-refractivity contribution in [1.29, 1.82) is 0 Å². The van der Waals surface area contributed by atoms with Crippen molar-refractivity contribution in [3.63, 3.8) is 0 Å². The van der Waals surface area contributed by atoms with Gasteiger partial charge >= 0.3 is 6.03 Å². The zero-order chi connectivity index (χ0) is 15.2. The van der Waals surface area contributed by atoms with E-state index >= 15 is 0 Å². The fourth-order valence-electron chi connectivity index (χ4n) is 3.76. The Morgan fingerprint density at radius 3 is 2.59 bits per heavy atom. The van der Waals surface area contributed by atoms with Crippen molar-refractivity contribution in [2.75, 3.05) is 19.6 Å². The molecule has 2 heterocycles. The van der Waals surface area contributed by atoms with Crippen LogP contribution in [0, 0.1) is 18.3 Å². The molecule has 3 aliphatic rings. The highest BCUT2D eigenvalue weighted by Crippen LogP contribution is 2.60. The molecule has 6 heteroatoms. The van der Waals surface area contributed by atoms with Crippen LogP contribution in [0.3, 0.4) is 0 Å². The SMILES string of the molecule is Cc1noc(C2CCN(C(=O)NCC3(C4CC4)CC3)CC2)n1. The monoisotopic (exact) mass is 304 g/mol. The highest BCUT2D eigenvalue weighted by Gasteiger charge is 2.53. The average molecular weight is 304 g/mol. The fourth-order valence-corrected chi connectivity index (χ4v) is 3.76. The van der Waals surface area contributed by atoms with Crippen molar-refractivity contribution in [1.82, 2.24) is 20.4 Å². The van der Waals surface area contributed by atoms with E-state index in [2.05, 4.69) is 15.5 Å². The lowest BCUT2D eigenvalue weighted by molar-refractivity contribution is 0.172. The summed E-state index contributed by atoms with van der Waals surface area (Å²) in [6, 6.07) is 0.104. The number of likely N-dealkylation sites (tertiary alicyclic amines) is 1. The first kappa shape index (κ1) is 14.0. The Hall–Kier alpha value is -1.59. The van der Waals surface area contributed by atoms with Crippen molar-refractivity contribution in [3.05, 3.63) is 11.7 Å². The number of hydrogen-bond acceptors (Lipinski definition) is 4. The van der Waals surface area contributed by atoms with Crippen LogP contribution in [0.15, 0.2) is 4.52 Å². The maximum absolute atomic E-state index is 12.3. The molecule has 2 saturated carbocycles. The minimum atomic E-state index is 0.104. The van der Waals surface area contributed by atoms with Gasteiger partial charge in [0, 0.05) is 25.6 Å². The number of piperidine rings is 1. The largest absolute Gasteiger partial charge is 0.339 e. The lowest BCUT2D eigenvalue weighted by Gasteiger charge is -2.31. The van der Waals surface area contributed by atoms with Gasteiger partial charge in [-0.1, -0.05) is 5.16 Å². The topological polar surface area (TPSA) is 71.3 Å². The van der Waals surface area contributed by atoms with Gasteiger partial charge in [0.2, 0.25) is 5.89 Å². The Morgan fingerprint density at radius 2 is 2.05 bits per heavy atom. The molecule has 1 aromatic heterocycles. The third-order valence-corrected chi connectivity index (χ3v) is 5.60. The Labute approximate surface area is 130 Å². The molecule has 0 spiro atoms. The third-order valence-electron chi connectivity index (χ3n) is 5.60. The molecule has 6 nitrogen and oxygen atoms in total. The Balaban J connectivity index is 1.25. The van der Waals surface area contributed by atoms with Gasteiger partial charge in [0.1, 0.15) is 0 Å². The summed E-state index contributed by atoms with van der Waals surface area (Å²) in [4.78, 5) is 18.6. The summed E-state index contributed by atoms with van der Waals surface area (Å²) >= 11 is 0. The Morgan fingerprint density at radius 1 is 1.32 bits per heavy atom. The second-order valence-electron chi connectivity index (χ2n) is 7.24. The van der Waals surface area contributed by atoms with E-state index in [1.807, 2.05) is 11.8 Å². The molecule has 3 fully saturated rings. The van der Waals surface area contributed by atoms with E-state index in [1.165, 1.54) is 25.7 Å². The van der Waals surface area contributed by atoms with E-state index in [0.717, 1.165) is 44.3 Å². The summed E-state index contributed by atoms with van der Waals surface area (Å²) in [5.41, 5.74) is 0.468. The zero-order valence-corrected chi connectivity index (χ0v) is 13.2. The number of urea groups is 1. The van der Waals surface area contributed by atoms with E-state index in [-0.39, 0.29) is 6.03 Å². The van der Waals surface area contributed by atoms with Crippen LogP contribution in [0.25, 0.3) is 0 Å². The number of carbonyl (C=O) groups excluding carboxylic acids is 1. The van der Waals surface area contributed by atoms with Crippen LogP contribution in [0.5, 0.6) is 0 Å². The van der Waals surface area contributed by atoms with Crippen LogP contribution in [-0.2, 0) is 0 Å². The lowest BCUT2D eigenvalue weighted by atomic mass is 9.97. The first-order valence-electron chi connectivity index (χ1n) is 8.49. The second kappa shape index (κ2) is 5.25. The van der Waals surface area contributed by atoms with Crippen LogP contribution in [0.2, 0.25) is 0 Å². The quantitative estimate of drug-likeness (QED) is 0.927. The summed E-state index contributed by atoms with van der Waals surface area (Å²) in [6.45, 7) is 4.26. The third kappa shape index (κ3) is 2.71. The number of nitrogens with one attached hydrogen (secondary N) is 1. The lowest BCUT2D eigenvalue weighted by Crippen LogP contribution is -2.45. The molecular weight excluding hydrogens is 280 g/mol. The Kier molecular flexibility index (Phi) is 3.35. The van der Waals surface area contributed by atoms with E-state index in [1.54, 1.807) is 0 Å². The molecule has 1 N–H and O–H groups in total. The summed E-state index contributed by atoms with van der Waals surface area (Å²) in [6.07, 6.45) is 7.15. The predicted molar refractivity (Wildman–Crippen MR) is 80.4 cm³/mol. The summed E-state index contributed by atoms with van der Waals surface area (Å²) in [7, 11) is 0. The first-order valence-corrected chi connectivity index (χ1v) is 8.49. The van der Waals surface area contributed by atoms with Crippen LogP contribution in [0.1, 0.15) is 56.2 Å². The minimum absolute atomic E-state index is 0.104. The molecule has 1 aliphatic heterocycles. The molecule has 0 unspecified atom stereocenters. The zero-order valence-electron chi connectivity index (χ0n) is 13.2. The van der Waals surface area contributed by atoms with Crippen molar-refractivity contribution < 1.29 is 9.32 Å². The van der Waals surface area contributed by atoms with E-state index < -0.39 is 0 Å². The number of hydrogen-bond donors (Lipinski definition) is 1. The fraction of sp³-hybridized carbons (Fsp3) is 0.812. The van der Waals surface area contributed by atoms with Gasteiger partial charge in [-0.25, -0.2) is 4.79 Å². The van der Waals surface area contributed by atoms with Crippen molar-refractivity contribution in [2.45, 2.75) is 51.4 Å². The number of rotatable bonds is 4. The van der Waals surface area contributed by atoms with Gasteiger partial charge in [0.15, 0.2) is 5.82 Å². The molecule has 0 atom stereocenters. The molecule has 4 rings (SSSR count). The van der Waals surface area contributed by atoms with E-state index in [0.29, 0.717) is 17.2 Å². The van der Waals surface area contributed by atoms with Crippen LogP contribution in [0.4, 0.5) is 4.79 Å². The molecular formula is C16H24N4O2. The van der Waals surface area contributed by atoms with Gasteiger partial charge in [-0.2, -0.15) is 4.98 Å². The van der Waals surface area contributed by atoms with Crippen LogP contribution < -0.4 is 5.32 Å². The molecule has 0 bridgehead atoms. The van der Waals surface area contributed by atoms with Gasteiger partial charge in [-0.05, 0) is 56.8 Å². The molecule has 2 amide bonds. The van der Waals surface area contributed by atoms with Gasteiger partial charge < -0.3 is 14.7 Å². The summed E-state index contributed by atoms with van der Waals surface area (Å²) in [5, 5.41) is 7.02. The molecule has 2 aliphatic carbocycles. The number of carbonyl (C=O) groups is 1. The minimum Gasteiger partial charge on any atom is -0.339 e. The number of aromatic nitrogens is 2. The number of amides is 2. The molecule has 120 valence electrons. The van der Waals surface area contributed by atoms with Crippen LogP contribution >= 0.6 is 0 Å². The molecule has 1 saturated heterocycles. The normalized spacial score (nSPS) is 24.3. The Bertz CT molecular complexity index is 554. The van der Waals surface area contributed by atoms with Gasteiger partial charge in [-0.15, -0.1) is 0 Å². The van der Waals surface area contributed by atoms with Crippen molar-refractivity contribution >= 4 is 6.03 Å². The van der Waals surface area contributed by atoms with E-state index in [4.69, 9.17) is 4.52 Å². The number of nitrogens with zero attached hydrogens (tertiary/aromatic N) is 3. The molecule has 0 radical (unpaired) electrons. The van der Waals surface area contributed by atoms with E-state index in [9.17, 15) is 4.79 Å². The smallest absolute Gasteiger partial charge is 0.317 e. The van der Waals surface area contributed by atoms with Gasteiger partial charge in [0.05, 0.1) is 0 Å².